The second kappa shape index (κ2) is 5.94. The van der Waals surface area contributed by atoms with Gasteiger partial charge < -0.3 is 10.2 Å². The summed E-state index contributed by atoms with van der Waals surface area (Å²) < 4.78 is 25.7. The molecule has 1 aromatic carbocycles. The molecule has 0 amide bonds. The molecule has 0 spiro atoms. The third kappa shape index (κ3) is 3.28. The fourth-order valence-corrected chi connectivity index (χ4v) is 2.54. The number of carboxylic acid groups (broad SMARTS) is 1. The molecule has 0 radical (unpaired) electrons. The summed E-state index contributed by atoms with van der Waals surface area (Å²) in [6.45, 7) is 1.36. The van der Waals surface area contributed by atoms with Crippen molar-refractivity contribution in [1.82, 2.24) is 4.72 Å². The van der Waals surface area contributed by atoms with E-state index in [-0.39, 0.29) is 23.6 Å². The van der Waals surface area contributed by atoms with Gasteiger partial charge in [0.15, 0.2) is 0 Å². The van der Waals surface area contributed by atoms with Crippen LogP contribution >= 0.6 is 0 Å². The van der Waals surface area contributed by atoms with Crippen LogP contribution in [0.1, 0.15) is 22.8 Å². The summed E-state index contributed by atoms with van der Waals surface area (Å²) in [6, 6.07) is 3.96. The molecule has 0 fully saturated rings. The Morgan fingerprint density at radius 3 is 2.56 bits per heavy atom. The molecule has 6 nitrogen and oxygen atoms in total. The van der Waals surface area contributed by atoms with Crippen molar-refractivity contribution in [3.63, 3.8) is 0 Å². The maximum atomic E-state index is 11.8. The summed E-state index contributed by atoms with van der Waals surface area (Å²) in [5.74, 6) is -1.16. The highest BCUT2D eigenvalue weighted by Crippen LogP contribution is 2.16. The van der Waals surface area contributed by atoms with Crippen molar-refractivity contribution in [2.45, 2.75) is 18.2 Å². The van der Waals surface area contributed by atoms with Crippen LogP contribution in [0.5, 0.6) is 0 Å². The third-order valence-corrected chi connectivity index (χ3v) is 3.87. The Labute approximate surface area is 105 Å². The summed E-state index contributed by atoms with van der Waals surface area (Å²) in [4.78, 5) is 10.9. The monoisotopic (exact) mass is 273 g/mol. The highest BCUT2D eigenvalue weighted by atomic mass is 32.2. The summed E-state index contributed by atoms with van der Waals surface area (Å²) >= 11 is 0. The normalized spacial score (nSPS) is 11.4. The van der Waals surface area contributed by atoms with E-state index in [0.29, 0.717) is 12.0 Å². The lowest BCUT2D eigenvalue weighted by molar-refractivity contribution is 0.0695. The first-order valence-electron chi connectivity index (χ1n) is 5.39. The molecule has 0 unspecified atom stereocenters. The Kier molecular flexibility index (Phi) is 4.83. The minimum Gasteiger partial charge on any atom is -0.478 e. The Bertz CT molecular complexity index is 538. The van der Waals surface area contributed by atoms with Crippen molar-refractivity contribution >= 4 is 16.0 Å². The molecular formula is C11H15NO5S. The topological polar surface area (TPSA) is 104 Å². The van der Waals surface area contributed by atoms with Gasteiger partial charge in [0.2, 0.25) is 10.0 Å². The van der Waals surface area contributed by atoms with Crippen LogP contribution in [0, 0.1) is 0 Å². The zero-order valence-corrected chi connectivity index (χ0v) is 10.7. The SMILES string of the molecule is CCc1ccc(S(=O)(=O)NCCO)cc1C(=O)O. The molecule has 0 aliphatic heterocycles. The van der Waals surface area contributed by atoms with Crippen molar-refractivity contribution < 1.29 is 23.4 Å². The van der Waals surface area contributed by atoms with Crippen LogP contribution in [0.2, 0.25) is 0 Å². The van der Waals surface area contributed by atoms with Gasteiger partial charge in [-0.25, -0.2) is 17.9 Å². The van der Waals surface area contributed by atoms with Gasteiger partial charge in [0.25, 0.3) is 0 Å². The van der Waals surface area contributed by atoms with Crippen molar-refractivity contribution in [3.05, 3.63) is 29.3 Å². The second-order valence-corrected chi connectivity index (χ2v) is 5.37. The van der Waals surface area contributed by atoms with E-state index < -0.39 is 16.0 Å². The van der Waals surface area contributed by atoms with E-state index in [9.17, 15) is 13.2 Å². The highest BCUT2D eigenvalue weighted by molar-refractivity contribution is 7.89. The molecule has 0 aliphatic carbocycles. The van der Waals surface area contributed by atoms with E-state index in [2.05, 4.69) is 4.72 Å². The maximum Gasteiger partial charge on any atom is 0.336 e. The van der Waals surface area contributed by atoms with Crippen LogP contribution < -0.4 is 4.72 Å². The Morgan fingerprint density at radius 2 is 2.06 bits per heavy atom. The predicted octanol–water partition coefficient (Wildman–Crippen LogP) is 0.218. The largest absolute Gasteiger partial charge is 0.478 e. The average Bonchev–Trinajstić information content (AvgIpc) is 2.35. The van der Waals surface area contributed by atoms with E-state index >= 15 is 0 Å². The predicted molar refractivity (Wildman–Crippen MR) is 65.1 cm³/mol. The lowest BCUT2D eigenvalue weighted by Gasteiger charge is -2.08. The summed E-state index contributed by atoms with van der Waals surface area (Å²) in [7, 11) is -3.78. The molecule has 0 atom stereocenters. The summed E-state index contributed by atoms with van der Waals surface area (Å²) in [6.07, 6.45) is 0.506. The Hall–Kier alpha value is -1.44. The second-order valence-electron chi connectivity index (χ2n) is 3.60. The maximum absolute atomic E-state index is 11.8. The number of aromatic carboxylic acids is 1. The zero-order chi connectivity index (χ0) is 13.8. The first kappa shape index (κ1) is 14.6. The van der Waals surface area contributed by atoms with Gasteiger partial charge in [0.05, 0.1) is 17.1 Å². The third-order valence-electron chi connectivity index (χ3n) is 2.41. The van der Waals surface area contributed by atoms with Gasteiger partial charge in [-0.05, 0) is 24.1 Å². The molecular weight excluding hydrogens is 258 g/mol. The van der Waals surface area contributed by atoms with Crippen molar-refractivity contribution in [2.75, 3.05) is 13.2 Å². The number of nitrogens with one attached hydrogen (secondary N) is 1. The number of sulfonamides is 1. The summed E-state index contributed by atoms with van der Waals surface area (Å²) in [5, 5.41) is 17.6. The average molecular weight is 273 g/mol. The molecule has 1 rings (SSSR count). The molecule has 1 aromatic rings. The molecule has 100 valence electrons. The number of carbonyl (C=O) groups is 1. The Balaban J connectivity index is 3.20. The van der Waals surface area contributed by atoms with Gasteiger partial charge in [0.1, 0.15) is 0 Å². The van der Waals surface area contributed by atoms with Gasteiger partial charge in [0, 0.05) is 6.54 Å². The molecule has 3 N–H and O–H groups in total. The molecule has 18 heavy (non-hydrogen) atoms. The van der Waals surface area contributed by atoms with Gasteiger partial charge in [-0.2, -0.15) is 0 Å². The van der Waals surface area contributed by atoms with E-state index in [4.69, 9.17) is 10.2 Å². The molecule has 7 heteroatoms. The number of benzene rings is 1. The number of aryl methyl sites for hydroxylation is 1. The van der Waals surface area contributed by atoms with Crippen molar-refractivity contribution in [3.8, 4) is 0 Å². The highest BCUT2D eigenvalue weighted by Gasteiger charge is 2.17. The number of hydrogen-bond acceptors (Lipinski definition) is 4. The zero-order valence-electron chi connectivity index (χ0n) is 9.88. The van der Waals surface area contributed by atoms with Crippen LogP contribution in [0.25, 0.3) is 0 Å². The molecule has 0 saturated carbocycles. The molecule has 0 aliphatic rings. The van der Waals surface area contributed by atoms with Gasteiger partial charge in [-0.15, -0.1) is 0 Å². The number of aliphatic hydroxyl groups is 1. The van der Waals surface area contributed by atoms with Crippen molar-refractivity contribution in [1.29, 1.82) is 0 Å². The standard InChI is InChI=1S/C11H15NO5S/c1-2-8-3-4-9(7-10(8)11(14)15)18(16,17)12-5-6-13/h3-4,7,12-13H,2,5-6H2,1H3,(H,14,15). The van der Waals surface area contributed by atoms with Crippen LogP contribution in [0.3, 0.4) is 0 Å². The number of carboxylic acids is 1. The van der Waals surface area contributed by atoms with E-state index in [1.807, 2.05) is 0 Å². The number of hydrogen-bond donors (Lipinski definition) is 3. The summed E-state index contributed by atoms with van der Waals surface area (Å²) in [5.41, 5.74) is 0.549. The van der Waals surface area contributed by atoms with Crippen LogP contribution in [0.15, 0.2) is 23.1 Å². The van der Waals surface area contributed by atoms with E-state index in [1.165, 1.54) is 12.1 Å². The lowest BCUT2D eigenvalue weighted by Crippen LogP contribution is -2.27. The van der Waals surface area contributed by atoms with Gasteiger partial charge in [-0.3, -0.25) is 0 Å². The van der Waals surface area contributed by atoms with Crippen molar-refractivity contribution in [2.24, 2.45) is 0 Å². The number of rotatable bonds is 6. The first-order chi connectivity index (χ1) is 8.42. The minimum atomic E-state index is -3.78. The van der Waals surface area contributed by atoms with E-state index in [0.717, 1.165) is 6.07 Å². The molecule has 0 heterocycles. The first-order valence-corrected chi connectivity index (χ1v) is 6.87. The Morgan fingerprint density at radius 1 is 1.39 bits per heavy atom. The smallest absolute Gasteiger partial charge is 0.336 e. The van der Waals surface area contributed by atoms with Gasteiger partial charge in [-0.1, -0.05) is 13.0 Å². The fraction of sp³-hybridized carbons (Fsp3) is 0.364. The quantitative estimate of drug-likeness (QED) is 0.687. The van der Waals surface area contributed by atoms with Gasteiger partial charge >= 0.3 is 5.97 Å². The minimum absolute atomic E-state index is 0.0237. The van der Waals surface area contributed by atoms with Crippen LogP contribution in [0.4, 0.5) is 0 Å². The molecule has 0 saturated heterocycles. The fourth-order valence-electron chi connectivity index (χ4n) is 1.49. The van der Waals surface area contributed by atoms with Crippen LogP contribution in [-0.4, -0.2) is 37.8 Å². The molecule has 0 aromatic heterocycles. The van der Waals surface area contributed by atoms with E-state index in [1.54, 1.807) is 6.92 Å². The lowest BCUT2D eigenvalue weighted by atomic mass is 10.1. The number of aliphatic hydroxyl groups excluding tert-OH is 1. The van der Waals surface area contributed by atoms with Crippen LogP contribution in [-0.2, 0) is 16.4 Å². The molecule has 0 bridgehead atoms.